The fraction of sp³-hybridized carbons (Fsp3) is 0.353. The first-order valence-electron chi connectivity index (χ1n) is 7.78. The smallest absolute Gasteiger partial charge is 0.339 e. The van der Waals surface area contributed by atoms with Crippen LogP contribution in [-0.2, 0) is 11.2 Å². The molecular weight excluding hydrogens is 372 g/mol. The van der Waals surface area contributed by atoms with Crippen molar-refractivity contribution >= 4 is 27.5 Å². The maximum Gasteiger partial charge on any atom is 0.339 e. The molecule has 0 unspecified atom stereocenters. The molecule has 0 saturated heterocycles. The number of hydrogen-bond donors (Lipinski definition) is 0. The van der Waals surface area contributed by atoms with E-state index in [1.165, 1.54) is 7.11 Å². The standard InChI is InChI=1S/C17H19BrN4O2/c1-5-6-13-10(2)22(11(3)20-13)14-7-12(17(23)24-4)9-21-15(18)8-19-16(14)21/h7-9H,5-6H2,1-4H3. The third-order valence-corrected chi connectivity index (χ3v) is 4.65. The van der Waals surface area contributed by atoms with Crippen molar-refractivity contribution in [1.29, 1.82) is 0 Å². The number of hydrogen-bond acceptors (Lipinski definition) is 4. The molecule has 0 spiro atoms. The molecule has 0 aliphatic carbocycles. The summed E-state index contributed by atoms with van der Waals surface area (Å²) in [7, 11) is 1.38. The average Bonchev–Trinajstić information content (AvgIpc) is 3.07. The van der Waals surface area contributed by atoms with E-state index in [0.717, 1.165) is 46.0 Å². The zero-order valence-electron chi connectivity index (χ0n) is 14.1. The summed E-state index contributed by atoms with van der Waals surface area (Å²) < 4.78 is 9.54. The van der Waals surface area contributed by atoms with Crippen LogP contribution in [0.15, 0.2) is 23.1 Å². The number of rotatable bonds is 4. The third kappa shape index (κ3) is 2.62. The number of aromatic nitrogens is 4. The molecular formula is C17H19BrN4O2. The summed E-state index contributed by atoms with van der Waals surface area (Å²) in [5.41, 5.74) is 4.16. The Labute approximate surface area is 148 Å². The van der Waals surface area contributed by atoms with Gasteiger partial charge in [0.05, 0.1) is 30.3 Å². The second kappa shape index (κ2) is 6.39. The number of halogens is 1. The van der Waals surface area contributed by atoms with Crippen LogP contribution >= 0.6 is 15.9 Å². The lowest BCUT2D eigenvalue weighted by Crippen LogP contribution is -2.08. The molecule has 3 rings (SSSR count). The molecule has 7 heteroatoms. The number of methoxy groups -OCH3 is 1. The maximum atomic E-state index is 12.1. The van der Waals surface area contributed by atoms with Crippen LogP contribution in [0.25, 0.3) is 11.3 Å². The first-order chi connectivity index (χ1) is 11.5. The molecule has 0 aliphatic rings. The third-order valence-electron chi connectivity index (χ3n) is 4.06. The molecule has 0 N–H and O–H groups in total. The zero-order chi connectivity index (χ0) is 17.4. The molecule has 0 aromatic carbocycles. The number of carbonyl (C=O) groups excluding carboxylic acids is 1. The number of fused-ring (bicyclic) bond motifs is 1. The van der Waals surface area contributed by atoms with Gasteiger partial charge < -0.3 is 4.74 Å². The SMILES string of the molecule is CCCc1nc(C)n(-c2cc(C(=O)OC)cn3c(Br)cnc23)c1C. The quantitative estimate of drug-likeness (QED) is 0.638. The van der Waals surface area contributed by atoms with Crippen LogP contribution in [0.5, 0.6) is 0 Å². The van der Waals surface area contributed by atoms with Crippen molar-refractivity contribution in [2.24, 2.45) is 0 Å². The molecule has 0 aliphatic heterocycles. The van der Waals surface area contributed by atoms with Gasteiger partial charge in [-0.15, -0.1) is 0 Å². The van der Waals surface area contributed by atoms with Crippen molar-refractivity contribution < 1.29 is 9.53 Å². The van der Waals surface area contributed by atoms with Gasteiger partial charge in [-0.2, -0.15) is 0 Å². The molecule has 0 fully saturated rings. The van der Waals surface area contributed by atoms with Crippen LogP contribution in [0.4, 0.5) is 0 Å². The maximum absolute atomic E-state index is 12.1. The highest BCUT2D eigenvalue weighted by Crippen LogP contribution is 2.26. The van der Waals surface area contributed by atoms with Crippen LogP contribution in [0.1, 0.15) is 40.9 Å². The van der Waals surface area contributed by atoms with Crippen molar-refractivity contribution in [2.45, 2.75) is 33.6 Å². The summed E-state index contributed by atoms with van der Waals surface area (Å²) in [6.07, 6.45) is 5.39. The van der Waals surface area contributed by atoms with Crippen LogP contribution in [0.3, 0.4) is 0 Å². The van der Waals surface area contributed by atoms with Crippen molar-refractivity contribution in [1.82, 2.24) is 18.9 Å². The van der Waals surface area contributed by atoms with E-state index < -0.39 is 0 Å². The average molecular weight is 391 g/mol. The summed E-state index contributed by atoms with van der Waals surface area (Å²) in [4.78, 5) is 21.2. The molecule has 24 heavy (non-hydrogen) atoms. The number of esters is 1. The van der Waals surface area contributed by atoms with E-state index in [1.807, 2.05) is 22.8 Å². The van der Waals surface area contributed by atoms with Gasteiger partial charge in [0.2, 0.25) is 0 Å². The van der Waals surface area contributed by atoms with E-state index >= 15 is 0 Å². The first-order valence-corrected chi connectivity index (χ1v) is 8.57. The predicted molar refractivity (Wildman–Crippen MR) is 94.8 cm³/mol. The number of carbonyl (C=O) groups is 1. The molecule has 3 aromatic rings. The predicted octanol–water partition coefficient (Wildman–Crippen LogP) is 3.64. The highest BCUT2D eigenvalue weighted by molar-refractivity contribution is 9.10. The van der Waals surface area contributed by atoms with E-state index in [0.29, 0.717) is 5.56 Å². The van der Waals surface area contributed by atoms with E-state index in [4.69, 9.17) is 4.74 Å². The normalized spacial score (nSPS) is 11.2. The van der Waals surface area contributed by atoms with Crippen molar-refractivity contribution in [3.63, 3.8) is 0 Å². The van der Waals surface area contributed by atoms with Gasteiger partial charge in [0.15, 0.2) is 5.65 Å². The van der Waals surface area contributed by atoms with E-state index in [-0.39, 0.29) is 5.97 Å². The van der Waals surface area contributed by atoms with Gasteiger partial charge in [0, 0.05) is 11.9 Å². The van der Waals surface area contributed by atoms with E-state index in [2.05, 4.69) is 32.8 Å². The van der Waals surface area contributed by atoms with Gasteiger partial charge in [-0.1, -0.05) is 13.3 Å². The number of pyridine rings is 1. The lowest BCUT2D eigenvalue weighted by Gasteiger charge is -2.12. The summed E-state index contributed by atoms with van der Waals surface area (Å²) in [6.45, 7) is 6.14. The fourth-order valence-electron chi connectivity index (χ4n) is 2.96. The topological polar surface area (TPSA) is 61.4 Å². The molecule has 3 heterocycles. The molecule has 0 radical (unpaired) electrons. The Bertz CT molecular complexity index is 926. The number of aryl methyl sites for hydroxylation is 2. The first kappa shape index (κ1) is 16.7. The summed E-state index contributed by atoms with van der Waals surface area (Å²) >= 11 is 3.47. The number of imidazole rings is 2. The Kier molecular flexibility index (Phi) is 4.45. The molecule has 0 amide bonds. The van der Waals surface area contributed by atoms with Gasteiger partial charge in [0.1, 0.15) is 10.4 Å². The van der Waals surface area contributed by atoms with Gasteiger partial charge in [0.25, 0.3) is 0 Å². The van der Waals surface area contributed by atoms with Gasteiger partial charge >= 0.3 is 5.97 Å². The van der Waals surface area contributed by atoms with Gasteiger partial charge in [-0.3, -0.25) is 8.97 Å². The highest BCUT2D eigenvalue weighted by Gasteiger charge is 2.19. The van der Waals surface area contributed by atoms with Gasteiger partial charge in [-0.25, -0.2) is 14.8 Å². The molecule has 6 nitrogen and oxygen atoms in total. The second-order valence-corrected chi connectivity index (χ2v) is 6.47. The highest BCUT2D eigenvalue weighted by atomic mass is 79.9. The molecule has 0 atom stereocenters. The van der Waals surface area contributed by atoms with E-state index in [1.54, 1.807) is 18.5 Å². The lowest BCUT2D eigenvalue weighted by atomic mass is 10.2. The van der Waals surface area contributed by atoms with Crippen molar-refractivity contribution in [3.8, 4) is 5.69 Å². The summed E-state index contributed by atoms with van der Waals surface area (Å²) in [5.74, 6) is 0.488. The Morgan fingerprint density at radius 2 is 2.12 bits per heavy atom. The number of ether oxygens (including phenoxy) is 1. The van der Waals surface area contributed by atoms with Crippen molar-refractivity contribution in [2.75, 3.05) is 7.11 Å². The largest absolute Gasteiger partial charge is 0.465 e. The Hall–Kier alpha value is -2.15. The lowest BCUT2D eigenvalue weighted by molar-refractivity contribution is 0.0600. The Morgan fingerprint density at radius 3 is 2.79 bits per heavy atom. The minimum atomic E-state index is -0.386. The molecule has 126 valence electrons. The van der Waals surface area contributed by atoms with E-state index in [9.17, 15) is 4.79 Å². The van der Waals surface area contributed by atoms with Crippen molar-refractivity contribution in [3.05, 3.63) is 45.8 Å². The fourth-order valence-corrected chi connectivity index (χ4v) is 3.33. The minimum Gasteiger partial charge on any atom is -0.465 e. The van der Waals surface area contributed by atoms with Crippen LogP contribution in [0.2, 0.25) is 0 Å². The van der Waals surface area contributed by atoms with Crippen LogP contribution in [0, 0.1) is 13.8 Å². The van der Waals surface area contributed by atoms with Crippen LogP contribution < -0.4 is 0 Å². The summed E-state index contributed by atoms with van der Waals surface area (Å²) in [6, 6.07) is 1.80. The second-order valence-electron chi connectivity index (χ2n) is 5.66. The van der Waals surface area contributed by atoms with Crippen LogP contribution in [-0.4, -0.2) is 32.0 Å². The minimum absolute atomic E-state index is 0.386. The monoisotopic (exact) mass is 390 g/mol. The Balaban J connectivity index is 2.31. The number of nitrogens with zero attached hydrogens (tertiary/aromatic N) is 4. The van der Waals surface area contributed by atoms with Gasteiger partial charge in [-0.05, 0) is 42.3 Å². The summed E-state index contributed by atoms with van der Waals surface area (Å²) in [5, 5.41) is 0. The Morgan fingerprint density at radius 1 is 1.38 bits per heavy atom. The molecule has 0 bridgehead atoms. The zero-order valence-corrected chi connectivity index (χ0v) is 15.7. The molecule has 3 aromatic heterocycles. The molecule has 0 saturated carbocycles.